The quantitative estimate of drug-likeness (QED) is 0.176. The van der Waals surface area contributed by atoms with E-state index in [1.807, 2.05) is 0 Å². The second kappa shape index (κ2) is 10.9. The Morgan fingerprint density at radius 2 is 0.971 bits per heavy atom. The summed E-state index contributed by atoms with van der Waals surface area (Å²) in [6.07, 6.45) is 3.34. The summed E-state index contributed by atoms with van der Waals surface area (Å²) in [6.45, 7) is 0. The Balaban J connectivity index is 1.73. The maximum atomic E-state index is 7.14. The molecule has 172 valence electrons. The van der Waals surface area contributed by atoms with Gasteiger partial charge in [-0.1, -0.05) is 128 Å². The van der Waals surface area contributed by atoms with Crippen molar-refractivity contribution in [2.45, 2.75) is 34.9 Å². The zero-order chi connectivity index (χ0) is 23.4. The maximum Gasteiger partial charge on any atom is 0.118 e. The molecule has 0 N–H and O–H groups in total. The fourth-order valence-corrected chi connectivity index (χ4v) is 13.8. The van der Waals surface area contributed by atoms with Gasteiger partial charge in [0, 0.05) is 5.16 Å². The van der Waals surface area contributed by atoms with Gasteiger partial charge in [0.1, 0.15) is 4.84 Å². The van der Waals surface area contributed by atoms with Crippen molar-refractivity contribution in [2.75, 3.05) is 0 Å². The van der Waals surface area contributed by atoms with E-state index in [9.17, 15) is 0 Å². The van der Waals surface area contributed by atoms with Crippen LogP contribution in [0.3, 0.4) is 0 Å². The van der Waals surface area contributed by atoms with Crippen molar-refractivity contribution in [3.63, 3.8) is 0 Å². The summed E-state index contributed by atoms with van der Waals surface area (Å²) in [7, 11) is -1.41. The van der Waals surface area contributed by atoms with Crippen LogP contribution >= 0.6 is 39.0 Å². The summed E-state index contributed by atoms with van der Waals surface area (Å²) in [5, 5.41) is 5.32. The molecule has 2 unspecified atom stereocenters. The van der Waals surface area contributed by atoms with Crippen molar-refractivity contribution in [3.8, 4) is 0 Å². The van der Waals surface area contributed by atoms with Gasteiger partial charge in [0.05, 0.1) is 0 Å². The van der Waals surface area contributed by atoms with E-state index >= 15 is 0 Å². The first-order valence-corrected chi connectivity index (χ1v) is 15.4. The Kier molecular flexibility index (Phi) is 7.73. The molecule has 0 aromatic heterocycles. The lowest BCUT2D eigenvalue weighted by atomic mass is 10.1. The Hall–Kier alpha value is -1.68. The number of hydrogen-bond donors (Lipinski definition) is 0. The Bertz CT molecular complexity index is 1090. The summed E-state index contributed by atoms with van der Waals surface area (Å²) < 4.78 is 0. The summed E-state index contributed by atoms with van der Waals surface area (Å²) >= 11 is 14.3. The van der Waals surface area contributed by atoms with Crippen molar-refractivity contribution in [1.82, 2.24) is 0 Å². The third-order valence-corrected chi connectivity index (χ3v) is 14.4. The number of hydrogen-bond acceptors (Lipinski definition) is 0. The van der Waals surface area contributed by atoms with Gasteiger partial charge in [-0.15, -0.1) is 23.2 Å². The van der Waals surface area contributed by atoms with Gasteiger partial charge in [-0.25, -0.2) is 0 Å². The highest BCUT2D eigenvalue weighted by atomic mass is 35.5. The fourth-order valence-electron chi connectivity index (χ4n) is 5.43. The van der Waals surface area contributed by atoms with Crippen LogP contribution in [-0.4, -0.2) is 15.7 Å². The largest absolute Gasteiger partial charge is 0.118 e. The lowest BCUT2D eigenvalue weighted by Crippen LogP contribution is -2.48. The predicted octanol–water partition coefficient (Wildman–Crippen LogP) is 7.35. The van der Waals surface area contributed by atoms with Gasteiger partial charge in [0.2, 0.25) is 0 Å². The van der Waals surface area contributed by atoms with E-state index < -0.39 is 20.7 Å². The first-order valence-electron chi connectivity index (χ1n) is 11.8. The molecule has 34 heavy (non-hydrogen) atoms. The molecule has 0 spiro atoms. The highest BCUT2D eigenvalue weighted by Gasteiger charge is 2.56. The molecule has 5 rings (SSSR count). The molecule has 0 radical (unpaired) electrons. The number of halogens is 2. The smallest absolute Gasteiger partial charge is 0.104 e. The molecule has 4 heteroatoms. The van der Waals surface area contributed by atoms with Crippen molar-refractivity contribution in [1.29, 1.82) is 0 Å². The third kappa shape index (κ3) is 4.59. The molecular formula is C30H28Cl2P2. The van der Waals surface area contributed by atoms with Crippen LogP contribution in [0.25, 0.3) is 0 Å². The van der Waals surface area contributed by atoms with Crippen LogP contribution in [0.5, 0.6) is 0 Å². The minimum absolute atomic E-state index is 0.210. The predicted molar refractivity (Wildman–Crippen MR) is 154 cm³/mol. The number of alkyl halides is 2. The molecule has 0 aliphatic heterocycles. The van der Waals surface area contributed by atoms with Crippen molar-refractivity contribution >= 4 is 60.3 Å². The van der Waals surface area contributed by atoms with E-state index in [-0.39, 0.29) is 5.16 Å². The van der Waals surface area contributed by atoms with E-state index in [2.05, 4.69) is 121 Å². The molecular weight excluding hydrogens is 493 g/mol. The molecule has 0 nitrogen and oxygen atoms in total. The average molecular weight is 521 g/mol. The van der Waals surface area contributed by atoms with Crippen molar-refractivity contribution in [2.24, 2.45) is 0 Å². The molecule has 0 saturated heterocycles. The second-order valence-corrected chi connectivity index (χ2v) is 14.8. The Morgan fingerprint density at radius 1 is 0.588 bits per heavy atom. The number of benzene rings is 4. The van der Waals surface area contributed by atoms with Crippen LogP contribution in [0.1, 0.15) is 19.3 Å². The lowest BCUT2D eigenvalue weighted by molar-refractivity contribution is 0.652. The Morgan fingerprint density at radius 3 is 1.35 bits per heavy atom. The van der Waals surface area contributed by atoms with E-state index in [1.54, 1.807) is 0 Å². The minimum atomic E-state index is -0.776. The summed E-state index contributed by atoms with van der Waals surface area (Å²) in [6, 6.07) is 44.0. The van der Waals surface area contributed by atoms with E-state index in [4.69, 9.17) is 23.2 Å². The highest BCUT2D eigenvalue weighted by molar-refractivity contribution is 7.78. The van der Waals surface area contributed by atoms with E-state index in [0.717, 1.165) is 19.3 Å². The van der Waals surface area contributed by atoms with Crippen LogP contribution in [-0.2, 0) is 0 Å². The molecule has 0 amide bonds. The maximum absolute atomic E-state index is 7.14. The zero-order valence-corrected chi connectivity index (χ0v) is 22.3. The lowest BCUT2D eigenvalue weighted by Gasteiger charge is -2.47. The first-order chi connectivity index (χ1) is 16.7. The van der Waals surface area contributed by atoms with Crippen molar-refractivity contribution in [3.05, 3.63) is 121 Å². The van der Waals surface area contributed by atoms with Gasteiger partial charge in [0.15, 0.2) is 0 Å². The Labute approximate surface area is 215 Å². The van der Waals surface area contributed by atoms with Gasteiger partial charge in [-0.05, 0) is 55.6 Å². The van der Waals surface area contributed by atoms with Crippen LogP contribution in [0.2, 0.25) is 0 Å². The summed E-state index contributed by atoms with van der Waals surface area (Å²) in [5.74, 6) is 0. The summed E-state index contributed by atoms with van der Waals surface area (Å²) in [5.41, 5.74) is 0.388. The van der Waals surface area contributed by atoms with Crippen LogP contribution in [0, 0.1) is 0 Å². The fraction of sp³-hybridized carbons (Fsp3) is 0.200. The molecule has 1 saturated carbocycles. The van der Waals surface area contributed by atoms with E-state index in [1.165, 1.54) is 21.2 Å². The van der Waals surface area contributed by atoms with Gasteiger partial charge >= 0.3 is 0 Å². The molecule has 1 fully saturated rings. The topological polar surface area (TPSA) is 0 Å². The van der Waals surface area contributed by atoms with Crippen LogP contribution in [0.15, 0.2) is 121 Å². The van der Waals surface area contributed by atoms with Crippen LogP contribution in [0.4, 0.5) is 0 Å². The molecule has 2 atom stereocenters. The highest BCUT2D eigenvalue weighted by Crippen LogP contribution is 2.67. The van der Waals surface area contributed by atoms with Gasteiger partial charge in [0.25, 0.3) is 0 Å². The SMILES string of the molecule is ClC(Cl)C1(P(c2ccccc2)c2ccccc2)CCCC1P(c1ccccc1)c1ccccc1. The van der Waals surface area contributed by atoms with Gasteiger partial charge in [-0.3, -0.25) is 0 Å². The number of rotatable bonds is 7. The minimum Gasteiger partial charge on any atom is -0.104 e. The second-order valence-electron chi connectivity index (χ2n) is 8.75. The molecule has 4 aromatic carbocycles. The molecule has 1 aliphatic rings. The third-order valence-electron chi connectivity index (χ3n) is 6.84. The molecule has 4 aromatic rings. The van der Waals surface area contributed by atoms with Crippen LogP contribution < -0.4 is 21.2 Å². The zero-order valence-electron chi connectivity index (χ0n) is 19.0. The van der Waals surface area contributed by atoms with Crippen molar-refractivity contribution < 1.29 is 0 Å². The summed E-state index contributed by atoms with van der Waals surface area (Å²) in [4.78, 5) is -0.455. The monoisotopic (exact) mass is 520 g/mol. The van der Waals surface area contributed by atoms with Gasteiger partial charge < -0.3 is 0 Å². The molecule has 0 heterocycles. The first kappa shape index (κ1) is 24.0. The molecule has 0 bridgehead atoms. The standard InChI is InChI=1S/C30H28Cl2P2/c31-29(32)30(34(26-18-9-3-10-19-26)27-20-11-4-12-21-27)23-13-22-28(30)33(24-14-5-1-6-15-24)25-16-7-2-8-17-25/h1-12,14-21,28-29H,13,22-23H2. The molecule has 1 aliphatic carbocycles. The van der Waals surface area contributed by atoms with Gasteiger partial charge in [-0.2, -0.15) is 0 Å². The normalized spacial score (nSPS) is 20.3. The average Bonchev–Trinajstić information content (AvgIpc) is 3.32. The van der Waals surface area contributed by atoms with E-state index in [0.29, 0.717) is 5.66 Å².